The Labute approximate surface area is 325 Å². The number of benzene rings is 2. The van der Waals surface area contributed by atoms with Gasteiger partial charge in [0.05, 0.1) is 42.6 Å². The van der Waals surface area contributed by atoms with E-state index in [0.29, 0.717) is 31.1 Å². The Hall–Kier alpha value is -4.42. The van der Waals surface area contributed by atoms with Crippen molar-refractivity contribution in [1.29, 1.82) is 0 Å². The number of ether oxygens (including phenoxy) is 1. The molecular formula is C43H56N6O5S. The molecule has 7 rings (SSSR count). The molecule has 55 heavy (non-hydrogen) atoms. The number of likely N-dealkylation sites (N-methyl/N-ethyl adjacent to an activating group) is 1. The number of sulfonamides is 1. The molecule has 11 nitrogen and oxygen atoms in total. The van der Waals surface area contributed by atoms with Crippen LogP contribution < -0.4 is 9.46 Å². The van der Waals surface area contributed by atoms with Crippen molar-refractivity contribution in [2.24, 2.45) is 5.92 Å². The van der Waals surface area contributed by atoms with E-state index in [-0.39, 0.29) is 41.3 Å². The summed E-state index contributed by atoms with van der Waals surface area (Å²) in [5.41, 5.74) is 7.74. The quantitative estimate of drug-likeness (QED) is 0.187. The van der Waals surface area contributed by atoms with Crippen LogP contribution in [0.5, 0.6) is 5.75 Å². The van der Waals surface area contributed by atoms with Crippen molar-refractivity contribution in [3.63, 3.8) is 0 Å². The van der Waals surface area contributed by atoms with Gasteiger partial charge >= 0.3 is 0 Å². The van der Waals surface area contributed by atoms with Crippen LogP contribution in [0.2, 0.25) is 0 Å². The molecule has 1 saturated carbocycles. The minimum absolute atomic E-state index is 0.0300. The molecule has 2 aliphatic heterocycles. The molecular weight excluding hydrogens is 713 g/mol. The fourth-order valence-electron chi connectivity index (χ4n) is 8.98. The summed E-state index contributed by atoms with van der Waals surface area (Å²) < 4.78 is 38.1. The zero-order valence-corrected chi connectivity index (χ0v) is 34.4. The maximum atomic E-state index is 14.6. The van der Waals surface area contributed by atoms with E-state index in [4.69, 9.17) is 9.84 Å². The molecule has 2 aromatic heterocycles. The lowest BCUT2D eigenvalue weighted by Gasteiger charge is -2.42. The second-order valence-electron chi connectivity index (χ2n) is 16.7. The van der Waals surface area contributed by atoms with Crippen LogP contribution in [-0.4, -0.2) is 89.5 Å². The predicted molar refractivity (Wildman–Crippen MR) is 219 cm³/mol. The lowest BCUT2D eigenvalue weighted by molar-refractivity contribution is 0.0414. The van der Waals surface area contributed by atoms with Gasteiger partial charge in [-0.2, -0.15) is 5.10 Å². The molecule has 4 heterocycles. The number of allylic oxidation sites excluding steroid dienone is 1. The molecule has 12 heteroatoms. The molecule has 0 unspecified atom stereocenters. The molecule has 294 valence electrons. The fraction of sp³-hybridized carbons (Fsp3) is 0.512. The van der Waals surface area contributed by atoms with E-state index in [1.54, 1.807) is 19.4 Å². The number of fused-ring (bicyclic) bond motifs is 5. The largest absolute Gasteiger partial charge is 0.497 e. The summed E-state index contributed by atoms with van der Waals surface area (Å²) in [6.45, 7) is 13.7. The van der Waals surface area contributed by atoms with Crippen molar-refractivity contribution in [3.05, 3.63) is 70.5 Å². The molecule has 2 atom stereocenters. The number of carbonyl (C=O) groups excluding carboxylic acids is 2. The van der Waals surface area contributed by atoms with Crippen molar-refractivity contribution in [2.45, 2.75) is 104 Å². The Morgan fingerprint density at radius 2 is 1.67 bits per heavy atom. The minimum Gasteiger partial charge on any atom is -0.497 e. The predicted octanol–water partition coefficient (Wildman–Crippen LogP) is 7.58. The molecule has 2 aromatic carbocycles. The zero-order chi connectivity index (χ0) is 39.3. The molecule has 2 amide bonds. The summed E-state index contributed by atoms with van der Waals surface area (Å²) in [6, 6.07) is 12.2. The number of nitrogens with zero attached hydrogens (tertiary/aromatic N) is 5. The van der Waals surface area contributed by atoms with Crippen LogP contribution in [0.1, 0.15) is 123 Å². The first-order chi connectivity index (χ1) is 26.2. The third-order valence-corrected chi connectivity index (χ3v) is 13.4. The first-order valence-electron chi connectivity index (χ1n) is 19.9. The van der Waals surface area contributed by atoms with Gasteiger partial charge in [0.2, 0.25) is 10.0 Å². The summed E-state index contributed by atoms with van der Waals surface area (Å²) in [7, 11) is -0.0391. The number of amides is 2. The first-order valence-corrected chi connectivity index (χ1v) is 21.5. The number of methoxy groups -OCH3 is 1. The Bertz CT molecular complexity index is 2250. The maximum Gasteiger partial charge on any atom is 0.264 e. The average molecular weight is 769 g/mol. The van der Waals surface area contributed by atoms with Crippen LogP contribution in [0.3, 0.4) is 0 Å². The second-order valence-corrected chi connectivity index (χ2v) is 18.4. The molecule has 2 fully saturated rings. The van der Waals surface area contributed by atoms with Gasteiger partial charge in [0.25, 0.3) is 11.8 Å². The van der Waals surface area contributed by atoms with Crippen molar-refractivity contribution >= 4 is 44.4 Å². The fourth-order valence-corrected chi connectivity index (χ4v) is 10.3. The van der Waals surface area contributed by atoms with Gasteiger partial charge in [-0.05, 0) is 113 Å². The Kier molecular flexibility index (Phi) is 10.8. The Morgan fingerprint density at radius 1 is 0.964 bits per heavy atom. The summed E-state index contributed by atoms with van der Waals surface area (Å²) >= 11 is 0. The maximum absolute atomic E-state index is 14.6. The van der Waals surface area contributed by atoms with E-state index >= 15 is 0 Å². The van der Waals surface area contributed by atoms with Crippen LogP contribution in [0, 0.1) is 5.92 Å². The van der Waals surface area contributed by atoms with Crippen LogP contribution >= 0.6 is 0 Å². The standard InChI is InChI=1S/C43H56N6O5S/c1-26(2)25-55(52,53)45-42(50)31-14-16-36-38(20-31)48-24-33(18-32-19-34(54-8)15-17-35(32)41(48)39(36)30-12-10-9-11-13-30)40-37(21-44-49(40)27(3)4)43(51)47-22-28(5)46(7)29(6)23-47/h14-21,26-30H,9-13,22-25H2,1-8H3,(H,45,50)/t28-,29+. The van der Waals surface area contributed by atoms with Crippen LogP contribution in [0.15, 0.2) is 42.6 Å². The number of rotatable bonds is 9. The summed E-state index contributed by atoms with van der Waals surface area (Å²) in [5.74, 6) is 0.0943. The van der Waals surface area contributed by atoms with Gasteiger partial charge in [0, 0.05) is 53.2 Å². The number of hydrogen-bond donors (Lipinski definition) is 1. The highest BCUT2D eigenvalue weighted by atomic mass is 32.2. The molecule has 1 saturated heterocycles. The number of aromatic nitrogens is 3. The van der Waals surface area contributed by atoms with E-state index in [2.05, 4.69) is 67.1 Å². The third kappa shape index (κ3) is 7.47. The number of piperazine rings is 1. The lowest BCUT2D eigenvalue weighted by Crippen LogP contribution is -2.56. The smallest absolute Gasteiger partial charge is 0.264 e. The highest BCUT2D eigenvalue weighted by Crippen LogP contribution is 2.48. The summed E-state index contributed by atoms with van der Waals surface area (Å²) in [6.07, 6.45) is 9.53. The topological polar surface area (TPSA) is 119 Å². The highest BCUT2D eigenvalue weighted by Gasteiger charge is 2.35. The monoisotopic (exact) mass is 768 g/mol. The van der Waals surface area contributed by atoms with Crippen LogP contribution in [0.25, 0.3) is 33.8 Å². The normalized spacial score (nSPS) is 19.7. The average Bonchev–Trinajstić information content (AvgIpc) is 3.67. The molecule has 1 N–H and O–H groups in total. The third-order valence-electron chi connectivity index (χ3n) is 11.8. The van der Waals surface area contributed by atoms with Crippen molar-refractivity contribution < 1.29 is 22.7 Å². The number of hydrogen-bond acceptors (Lipinski definition) is 7. The van der Waals surface area contributed by atoms with Crippen molar-refractivity contribution in [2.75, 3.05) is 33.0 Å². The molecule has 0 radical (unpaired) electrons. The van der Waals surface area contributed by atoms with Gasteiger partial charge in [-0.1, -0.05) is 39.2 Å². The Balaban J connectivity index is 1.44. The van der Waals surface area contributed by atoms with Crippen molar-refractivity contribution in [1.82, 2.24) is 28.9 Å². The van der Waals surface area contributed by atoms with Gasteiger partial charge in [0.15, 0.2) is 0 Å². The second kappa shape index (κ2) is 15.3. The van der Waals surface area contributed by atoms with Gasteiger partial charge in [-0.3, -0.25) is 19.2 Å². The van der Waals surface area contributed by atoms with Crippen molar-refractivity contribution in [3.8, 4) is 17.0 Å². The van der Waals surface area contributed by atoms with E-state index < -0.39 is 15.9 Å². The van der Waals surface area contributed by atoms with E-state index in [9.17, 15) is 18.0 Å². The van der Waals surface area contributed by atoms with Gasteiger partial charge in [-0.25, -0.2) is 13.1 Å². The van der Waals surface area contributed by atoms with Gasteiger partial charge in [-0.15, -0.1) is 0 Å². The highest BCUT2D eigenvalue weighted by molar-refractivity contribution is 7.90. The molecule has 4 aromatic rings. The van der Waals surface area contributed by atoms with Gasteiger partial charge < -0.3 is 14.2 Å². The molecule has 1 aliphatic carbocycles. The van der Waals surface area contributed by atoms with E-state index in [0.717, 1.165) is 70.4 Å². The zero-order valence-electron chi connectivity index (χ0n) is 33.6. The molecule has 3 aliphatic rings. The minimum atomic E-state index is -3.82. The van der Waals surface area contributed by atoms with E-state index in [1.807, 2.05) is 41.6 Å². The summed E-state index contributed by atoms with van der Waals surface area (Å²) in [5, 5.41) is 5.90. The number of nitrogens with one attached hydrogen (secondary N) is 1. The molecule has 0 bridgehead atoms. The first kappa shape index (κ1) is 38.8. The SMILES string of the molecule is COc1ccc2c(c1)C=C(c1c(C(=O)N3C[C@@H](C)N(C)[C@@H](C)C3)cnn1C(C)C)Cn1c-2c(C2CCCCC2)c2ccc(C(=O)NS(=O)(=O)CC(C)C)cc21. The summed E-state index contributed by atoms with van der Waals surface area (Å²) in [4.78, 5) is 32.5. The lowest BCUT2D eigenvalue weighted by atomic mass is 9.81. The number of carbonyl (C=O) groups is 2. The molecule has 0 spiro atoms. The van der Waals surface area contributed by atoms with Crippen LogP contribution in [0.4, 0.5) is 0 Å². The van der Waals surface area contributed by atoms with Gasteiger partial charge in [0.1, 0.15) is 5.75 Å². The van der Waals surface area contributed by atoms with Crippen LogP contribution in [-0.2, 0) is 16.6 Å². The Morgan fingerprint density at radius 3 is 2.33 bits per heavy atom. The van der Waals surface area contributed by atoms with E-state index in [1.165, 1.54) is 12.0 Å².